The van der Waals surface area contributed by atoms with Crippen molar-refractivity contribution >= 4 is 5.69 Å². The Morgan fingerprint density at radius 1 is 0.792 bits per heavy atom. The van der Waals surface area contributed by atoms with Crippen molar-refractivity contribution in [2.24, 2.45) is 0 Å². The van der Waals surface area contributed by atoms with Gasteiger partial charge < -0.3 is 10.1 Å². The number of anilines is 1. The number of hydrogen-bond acceptors (Lipinski definition) is 2. The summed E-state index contributed by atoms with van der Waals surface area (Å²) in [4.78, 5) is 0. The second-order valence-corrected chi connectivity index (χ2v) is 5.38. The Morgan fingerprint density at radius 2 is 1.50 bits per heavy atom. The highest BCUT2D eigenvalue weighted by Crippen LogP contribution is 2.17. The average molecular weight is 325 g/mol. The van der Waals surface area contributed by atoms with Gasteiger partial charge in [0, 0.05) is 17.8 Å². The first-order valence-corrected chi connectivity index (χ1v) is 7.65. The van der Waals surface area contributed by atoms with Crippen LogP contribution in [-0.2, 0) is 13.2 Å². The number of halogens is 2. The fourth-order valence-electron chi connectivity index (χ4n) is 2.25. The number of nitrogens with one attached hydrogen (secondary N) is 1. The molecule has 3 aromatic rings. The Balaban J connectivity index is 1.53. The van der Waals surface area contributed by atoms with Gasteiger partial charge in [-0.05, 0) is 48.0 Å². The highest BCUT2D eigenvalue weighted by Gasteiger charge is 2.02. The second kappa shape index (κ2) is 7.59. The van der Waals surface area contributed by atoms with Crippen molar-refractivity contribution in [3.63, 3.8) is 0 Å². The van der Waals surface area contributed by atoms with E-state index in [0.29, 0.717) is 17.9 Å². The SMILES string of the molecule is Fc1ccc(NCc2ccc(OCc3ccccc3F)cc2)cc1. The summed E-state index contributed by atoms with van der Waals surface area (Å²) in [7, 11) is 0. The van der Waals surface area contributed by atoms with E-state index in [2.05, 4.69) is 5.32 Å². The smallest absolute Gasteiger partial charge is 0.129 e. The topological polar surface area (TPSA) is 21.3 Å². The zero-order valence-corrected chi connectivity index (χ0v) is 13.0. The van der Waals surface area contributed by atoms with Crippen LogP contribution in [0.2, 0.25) is 0 Å². The van der Waals surface area contributed by atoms with Gasteiger partial charge in [-0.2, -0.15) is 0 Å². The molecule has 1 N–H and O–H groups in total. The van der Waals surface area contributed by atoms with Crippen molar-refractivity contribution in [3.05, 3.63) is 95.6 Å². The molecule has 0 aliphatic carbocycles. The molecule has 0 amide bonds. The molecular weight excluding hydrogens is 308 g/mol. The van der Waals surface area contributed by atoms with E-state index in [1.165, 1.54) is 18.2 Å². The quantitative estimate of drug-likeness (QED) is 0.676. The third-order valence-corrected chi connectivity index (χ3v) is 3.62. The Labute approximate surface area is 139 Å². The Kier molecular flexibility index (Phi) is 5.06. The van der Waals surface area contributed by atoms with Crippen LogP contribution in [0.3, 0.4) is 0 Å². The van der Waals surface area contributed by atoms with Crippen molar-refractivity contribution in [3.8, 4) is 5.75 Å². The van der Waals surface area contributed by atoms with Gasteiger partial charge in [0.1, 0.15) is 24.0 Å². The standard InChI is InChI=1S/C20H17F2NO/c21-17-7-9-18(10-8-17)23-13-15-5-11-19(12-6-15)24-14-16-3-1-2-4-20(16)22/h1-12,23H,13-14H2. The second-order valence-electron chi connectivity index (χ2n) is 5.38. The van der Waals surface area contributed by atoms with E-state index in [-0.39, 0.29) is 18.2 Å². The van der Waals surface area contributed by atoms with Crippen molar-refractivity contribution in [2.45, 2.75) is 13.2 Å². The van der Waals surface area contributed by atoms with E-state index in [1.807, 2.05) is 24.3 Å². The molecule has 24 heavy (non-hydrogen) atoms. The number of hydrogen-bond donors (Lipinski definition) is 1. The minimum Gasteiger partial charge on any atom is -0.489 e. The van der Waals surface area contributed by atoms with Crippen LogP contribution in [0.15, 0.2) is 72.8 Å². The molecule has 2 nitrogen and oxygen atoms in total. The van der Waals surface area contributed by atoms with Gasteiger partial charge in [-0.25, -0.2) is 8.78 Å². The van der Waals surface area contributed by atoms with Crippen LogP contribution in [0.1, 0.15) is 11.1 Å². The van der Waals surface area contributed by atoms with E-state index >= 15 is 0 Å². The summed E-state index contributed by atoms with van der Waals surface area (Å²) in [5, 5.41) is 3.22. The third-order valence-electron chi connectivity index (χ3n) is 3.62. The molecule has 0 saturated heterocycles. The molecule has 122 valence electrons. The molecule has 4 heteroatoms. The predicted octanol–water partition coefficient (Wildman–Crippen LogP) is 5.16. The van der Waals surface area contributed by atoms with Crippen LogP contribution in [0.25, 0.3) is 0 Å². The summed E-state index contributed by atoms with van der Waals surface area (Å²) in [5.41, 5.74) is 2.45. The monoisotopic (exact) mass is 325 g/mol. The van der Waals surface area contributed by atoms with Gasteiger partial charge in [-0.3, -0.25) is 0 Å². The lowest BCUT2D eigenvalue weighted by Gasteiger charge is -2.09. The Morgan fingerprint density at radius 3 is 2.21 bits per heavy atom. The van der Waals surface area contributed by atoms with Crippen LogP contribution >= 0.6 is 0 Å². The molecule has 0 aliphatic rings. The first-order chi connectivity index (χ1) is 11.7. The van der Waals surface area contributed by atoms with Crippen LogP contribution in [0, 0.1) is 11.6 Å². The molecule has 3 rings (SSSR count). The van der Waals surface area contributed by atoms with Crippen LogP contribution in [0.4, 0.5) is 14.5 Å². The molecular formula is C20H17F2NO. The lowest BCUT2D eigenvalue weighted by atomic mass is 10.2. The molecule has 0 radical (unpaired) electrons. The number of rotatable bonds is 6. The van der Waals surface area contributed by atoms with E-state index in [4.69, 9.17) is 4.74 Å². The van der Waals surface area contributed by atoms with E-state index in [9.17, 15) is 8.78 Å². The molecule has 0 fully saturated rings. The van der Waals surface area contributed by atoms with Crippen molar-refractivity contribution in [1.82, 2.24) is 0 Å². The van der Waals surface area contributed by atoms with Gasteiger partial charge in [0.15, 0.2) is 0 Å². The maximum atomic E-state index is 13.5. The highest BCUT2D eigenvalue weighted by atomic mass is 19.1. The van der Waals surface area contributed by atoms with Gasteiger partial charge in [0.2, 0.25) is 0 Å². The predicted molar refractivity (Wildman–Crippen MR) is 90.9 cm³/mol. The van der Waals surface area contributed by atoms with E-state index < -0.39 is 0 Å². The number of benzene rings is 3. The molecule has 0 heterocycles. The van der Waals surface area contributed by atoms with Crippen molar-refractivity contribution in [1.29, 1.82) is 0 Å². The first-order valence-electron chi connectivity index (χ1n) is 7.65. The summed E-state index contributed by atoms with van der Waals surface area (Å²) >= 11 is 0. The average Bonchev–Trinajstić information content (AvgIpc) is 2.61. The van der Waals surface area contributed by atoms with Gasteiger partial charge in [-0.1, -0.05) is 30.3 Å². The van der Waals surface area contributed by atoms with E-state index in [0.717, 1.165) is 11.3 Å². The molecule has 0 spiro atoms. The molecule has 0 atom stereocenters. The summed E-state index contributed by atoms with van der Waals surface area (Å²) in [5.74, 6) is 0.165. The Bertz CT molecular complexity index is 785. The molecule has 0 aliphatic heterocycles. The highest BCUT2D eigenvalue weighted by molar-refractivity contribution is 5.43. The van der Waals surface area contributed by atoms with Gasteiger partial charge in [0.05, 0.1) is 0 Å². The summed E-state index contributed by atoms with van der Waals surface area (Å²) in [6.45, 7) is 0.819. The minimum atomic E-state index is -0.266. The summed E-state index contributed by atoms with van der Waals surface area (Å²) in [6.07, 6.45) is 0. The third kappa shape index (κ3) is 4.32. The summed E-state index contributed by atoms with van der Waals surface area (Å²) in [6, 6.07) is 20.4. The lowest BCUT2D eigenvalue weighted by Crippen LogP contribution is -2.00. The van der Waals surface area contributed by atoms with Crippen molar-refractivity contribution < 1.29 is 13.5 Å². The molecule has 0 bridgehead atoms. The van der Waals surface area contributed by atoms with Gasteiger partial charge in [0.25, 0.3) is 0 Å². The van der Waals surface area contributed by atoms with Crippen LogP contribution in [0.5, 0.6) is 5.75 Å². The lowest BCUT2D eigenvalue weighted by molar-refractivity contribution is 0.300. The molecule has 0 aromatic heterocycles. The molecule has 0 saturated carbocycles. The zero-order chi connectivity index (χ0) is 16.8. The number of ether oxygens (including phenoxy) is 1. The maximum Gasteiger partial charge on any atom is 0.129 e. The minimum absolute atomic E-state index is 0.194. The first kappa shape index (κ1) is 16.0. The maximum absolute atomic E-state index is 13.5. The largest absolute Gasteiger partial charge is 0.489 e. The fourth-order valence-corrected chi connectivity index (χ4v) is 2.25. The normalized spacial score (nSPS) is 10.4. The van der Waals surface area contributed by atoms with Gasteiger partial charge in [-0.15, -0.1) is 0 Å². The van der Waals surface area contributed by atoms with Crippen molar-refractivity contribution in [2.75, 3.05) is 5.32 Å². The van der Waals surface area contributed by atoms with E-state index in [1.54, 1.807) is 30.3 Å². The fraction of sp³-hybridized carbons (Fsp3) is 0.100. The summed E-state index contributed by atoms with van der Waals surface area (Å²) < 4.78 is 32.0. The zero-order valence-electron chi connectivity index (χ0n) is 13.0. The molecule has 0 unspecified atom stereocenters. The Hall–Kier alpha value is -2.88. The van der Waals surface area contributed by atoms with Crippen LogP contribution < -0.4 is 10.1 Å². The molecule has 3 aromatic carbocycles. The van der Waals surface area contributed by atoms with Gasteiger partial charge >= 0.3 is 0 Å². The van der Waals surface area contributed by atoms with Crippen LogP contribution in [-0.4, -0.2) is 0 Å².